The van der Waals surface area contributed by atoms with Crippen LogP contribution in [0.2, 0.25) is 5.02 Å². The van der Waals surface area contributed by atoms with E-state index < -0.39 is 0 Å². The molecule has 1 N–H and O–H groups in total. The first-order valence-corrected chi connectivity index (χ1v) is 7.99. The Bertz CT molecular complexity index is 535. The maximum Gasteiger partial charge on any atom is 0.152 e. The second-order valence-corrected chi connectivity index (χ2v) is 5.76. The molecule has 0 saturated carbocycles. The highest BCUT2D eigenvalue weighted by Crippen LogP contribution is 2.31. The van der Waals surface area contributed by atoms with Crippen LogP contribution in [0.1, 0.15) is 57.3 Å². The van der Waals surface area contributed by atoms with Crippen LogP contribution in [-0.4, -0.2) is 7.05 Å². The summed E-state index contributed by atoms with van der Waals surface area (Å²) in [5, 5.41) is 5.12. The predicted molar refractivity (Wildman–Crippen MR) is 86.4 cm³/mol. The van der Waals surface area contributed by atoms with Crippen LogP contribution in [0.5, 0.6) is 0 Å². The Hall–Kier alpha value is -0.990. The summed E-state index contributed by atoms with van der Waals surface area (Å²) in [6.45, 7) is 2.24. The molecule has 1 aromatic heterocycles. The largest absolute Gasteiger partial charge is 0.458 e. The van der Waals surface area contributed by atoms with Gasteiger partial charge in [-0.15, -0.1) is 0 Å². The molecule has 0 aliphatic carbocycles. The lowest BCUT2D eigenvalue weighted by Crippen LogP contribution is -2.15. The van der Waals surface area contributed by atoms with Crippen molar-refractivity contribution in [2.24, 2.45) is 0 Å². The predicted octanol–water partition coefficient (Wildman–Crippen LogP) is 5.71. The molecular weight excluding hydrogens is 270 g/mol. The van der Waals surface area contributed by atoms with Gasteiger partial charge in [0.25, 0.3) is 0 Å². The number of fused-ring (bicyclic) bond motifs is 1. The normalized spacial score (nSPS) is 12.9. The maximum atomic E-state index is 6.17. The summed E-state index contributed by atoms with van der Waals surface area (Å²) in [4.78, 5) is 0. The van der Waals surface area contributed by atoms with E-state index in [0.717, 1.165) is 23.2 Å². The molecule has 1 atom stereocenters. The van der Waals surface area contributed by atoms with Gasteiger partial charge in [-0.1, -0.05) is 62.8 Å². The van der Waals surface area contributed by atoms with Gasteiger partial charge in [0.1, 0.15) is 5.76 Å². The molecule has 0 aliphatic rings. The quantitative estimate of drug-likeness (QED) is 0.631. The van der Waals surface area contributed by atoms with Crippen LogP contribution in [0.3, 0.4) is 0 Å². The molecule has 0 saturated heterocycles. The fraction of sp³-hybridized carbons (Fsp3) is 0.529. The van der Waals surface area contributed by atoms with Crippen molar-refractivity contribution in [3.05, 3.63) is 35.0 Å². The number of para-hydroxylation sites is 1. The Kier molecular flexibility index (Phi) is 5.93. The number of furan rings is 1. The number of hydrogen-bond acceptors (Lipinski definition) is 2. The molecular formula is C17H24ClNO. The van der Waals surface area contributed by atoms with E-state index in [4.69, 9.17) is 16.0 Å². The van der Waals surface area contributed by atoms with Gasteiger partial charge in [-0.25, -0.2) is 0 Å². The molecule has 110 valence electrons. The van der Waals surface area contributed by atoms with Gasteiger partial charge < -0.3 is 9.73 Å². The van der Waals surface area contributed by atoms with Crippen LogP contribution in [0.25, 0.3) is 11.0 Å². The number of halogens is 1. The van der Waals surface area contributed by atoms with Gasteiger partial charge in [0.2, 0.25) is 0 Å². The molecule has 3 heteroatoms. The highest BCUT2D eigenvalue weighted by atomic mass is 35.5. The first-order chi connectivity index (χ1) is 9.76. The van der Waals surface area contributed by atoms with Crippen LogP contribution in [0, 0.1) is 0 Å². The van der Waals surface area contributed by atoms with Crippen molar-refractivity contribution in [3.63, 3.8) is 0 Å². The van der Waals surface area contributed by atoms with Gasteiger partial charge in [-0.3, -0.25) is 0 Å². The maximum absolute atomic E-state index is 6.17. The number of rotatable bonds is 8. The monoisotopic (exact) mass is 293 g/mol. The molecule has 2 aromatic rings. The lowest BCUT2D eigenvalue weighted by molar-refractivity contribution is 0.417. The van der Waals surface area contributed by atoms with Crippen molar-refractivity contribution in [2.45, 2.75) is 51.5 Å². The minimum absolute atomic E-state index is 0.278. The lowest BCUT2D eigenvalue weighted by Gasteiger charge is -2.13. The van der Waals surface area contributed by atoms with Gasteiger partial charge >= 0.3 is 0 Å². The molecule has 2 rings (SSSR count). The highest BCUT2D eigenvalue weighted by molar-refractivity contribution is 6.34. The van der Waals surface area contributed by atoms with Crippen LogP contribution < -0.4 is 5.32 Å². The average Bonchev–Trinajstić information content (AvgIpc) is 2.88. The minimum atomic E-state index is 0.278. The second kappa shape index (κ2) is 7.70. The topological polar surface area (TPSA) is 25.2 Å². The van der Waals surface area contributed by atoms with E-state index in [1.807, 2.05) is 25.2 Å². The molecule has 0 fully saturated rings. The molecule has 0 spiro atoms. The van der Waals surface area contributed by atoms with Gasteiger partial charge in [0, 0.05) is 5.39 Å². The lowest BCUT2D eigenvalue weighted by atomic mass is 10.0. The van der Waals surface area contributed by atoms with E-state index in [9.17, 15) is 0 Å². The van der Waals surface area contributed by atoms with Crippen LogP contribution in [0.4, 0.5) is 0 Å². The summed E-state index contributed by atoms with van der Waals surface area (Å²) in [5.41, 5.74) is 0.801. The summed E-state index contributed by atoms with van der Waals surface area (Å²) in [7, 11) is 1.99. The number of benzene rings is 1. The van der Waals surface area contributed by atoms with Gasteiger partial charge in [-0.2, -0.15) is 0 Å². The van der Waals surface area contributed by atoms with E-state index in [1.165, 1.54) is 32.1 Å². The van der Waals surface area contributed by atoms with Crippen molar-refractivity contribution in [2.75, 3.05) is 7.05 Å². The zero-order valence-electron chi connectivity index (χ0n) is 12.4. The van der Waals surface area contributed by atoms with E-state index in [2.05, 4.69) is 18.3 Å². The highest BCUT2D eigenvalue weighted by Gasteiger charge is 2.15. The van der Waals surface area contributed by atoms with Crippen molar-refractivity contribution in [3.8, 4) is 0 Å². The minimum Gasteiger partial charge on any atom is -0.458 e. The Balaban J connectivity index is 2.00. The summed E-state index contributed by atoms with van der Waals surface area (Å²) in [6.07, 6.45) is 7.60. The molecule has 0 aliphatic heterocycles. The van der Waals surface area contributed by atoms with E-state index in [0.29, 0.717) is 5.02 Å². The van der Waals surface area contributed by atoms with Gasteiger partial charge in [0.05, 0.1) is 11.1 Å². The second-order valence-electron chi connectivity index (χ2n) is 5.35. The zero-order valence-corrected chi connectivity index (χ0v) is 13.2. The smallest absolute Gasteiger partial charge is 0.152 e. The van der Waals surface area contributed by atoms with Crippen molar-refractivity contribution in [1.29, 1.82) is 0 Å². The molecule has 1 aromatic carbocycles. The number of hydrogen-bond donors (Lipinski definition) is 1. The molecule has 0 radical (unpaired) electrons. The summed E-state index contributed by atoms with van der Waals surface area (Å²) in [5.74, 6) is 0.992. The van der Waals surface area contributed by atoms with E-state index in [-0.39, 0.29) is 6.04 Å². The molecule has 20 heavy (non-hydrogen) atoms. The first-order valence-electron chi connectivity index (χ1n) is 7.61. The Morgan fingerprint density at radius 3 is 2.70 bits per heavy atom. The van der Waals surface area contributed by atoms with Crippen LogP contribution in [-0.2, 0) is 0 Å². The van der Waals surface area contributed by atoms with Crippen LogP contribution in [0.15, 0.2) is 28.7 Å². The van der Waals surface area contributed by atoms with Crippen molar-refractivity contribution >= 4 is 22.6 Å². The molecule has 2 nitrogen and oxygen atoms in total. The Labute approximate surface area is 126 Å². The number of nitrogens with one attached hydrogen (secondary N) is 1. The third-order valence-corrected chi connectivity index (χ3v) is 4.10. The van der Waals surface area contributed by atoms with E-state index >= 15 is 0 Å². The molecule has 0 bridgehead atoms. The summed E-state index contributed by atoms with van der Waals surface area (Å²) < 4.78 is 5.94. The van der Waals surface area contributed by atoms with Gasteiger partial charge in [0.15, 0.2) is 5.58 Å². The zero-order chi connectivity index (χ0) is 14.4. The van der Waals surface area contributed by atoms with E-state index in [1.54, 1.807) is 0 Å². The van der Waals surface area contributed by atoms with Crippen molar-refractivity contribution < 1.29 is 4.42 Å². The number of unbranched alkanes of at least 4 members (excludes halogenated alkanes) is 4. The molecule has 0 amide bonds. The molecule has 1 unspecified atom stereocenters. The fourth-order valence-corrected chi connectivity index (χ4v) is 2.82. The first kappa shape index (κ1) is 15.4. The Morgan fingerprint density at radius 1 is 1.20 bits per heavy atom. The Morgan fingerprint density at radius 2 is 2.00 bits per heavy atom. The van der Waals surface area contributed by atoms with Gasteiger partial charge in [-0.05, 0) is 25.6 Å². The SMILES string of the molecule is CCCCCCCC(NC)c1cc2cccc(Cl)c2o1. The summed E-state index contributed by atoms with van der Waals surface area (Å²) in [6, 6.07) is 8.26. The molecule has 1 heterocycles. The fourth-order valence-electron chi connectivity index (χ4n) is 2.60. The van der Waals surface area contributed by atoms with Crippen LogP contribution >= 0.6 is 11.6 Å². The standard InChI is InChI=1S/C17H24ClNO/c1-3-4-5-6-7-11-15(19-2)16-12-13-9-8-10-14(18)17(13)20-16/h8-10,12,15,19H,3-7,11H2,1-2H3. The third kappa shape index (κ3) is 3.77. The third-order valence-electron chi connectivity index (χ3n) is 3.80. The average molecular weight is 294 g/mol. The summed E-state index contributed by atoms with van der Waals surface area (Å²) >= 11 is 6.17. The van der Waals surface area contributed by atoms with Crippen molar-refractivity contribution in [1.82, 2.24) is 5.32 Å².